The first-order chi connectivity index (χ1) is 14.6. The van der Waals surface area contributed by atoms with Crippen LogP contribution in [0.15, 0.2) is 48.5 Å². The number of para-hydroxylation sites is 2. The van der Waals surface area contributed by atoms with Gasteiger partial charge in [-0.1, -0.05) is 12.1 Å². The molecule has 0 bridgehead atoms. The smallest absolute Gasteiger partial charge is 0.313 e. The maximum Gasteiger partial charge on any atom is 0.313 e. The zero-order valence-corrected chi connectivity index (χ0v) is 17.1. The third-order valence-electron chi connectivity index (χ3n) is 5.04. The largest absolute Gasteiger partial charge is 0.495 e. The Kier molecular flexibility index (Phi) is 7.62. The van der Waals surface area contributed by atoms with E-state index in [-0.39, 0.29) is 0 Å². The Morgan fingerprint density at radius 1 is 1.00 bits per heavy atom. The summed E-state index contributed by atoms with van der Waals surface area (Å²) in [6, 6.07) is 13.3. The summed E-state index contributed by atoms with van der Waals surface area (Å²) < 4.78 is 18.3. The van der Waals surface area contributed by atoms with Crippen LogP contribution >= 0.6 is 0 Å². The molecule has 0 atom stereocenters. The standard InChI is InChI=1S/C22H27FN4O3/c1-30-20-6-3-2-5-19(20)27-15-13-26(14-16-27)12-4-11-24-21(28)22(29)25-18-9-7-17(23)8-10-18/h2-3,5-10H,4,11-16H2,1H3,(H,24,28)(H,25,29). The van der Waals surface area contributed by atoms with Gasteiger partial charge in [-0.25, -0.2) is 4.39 Å². The molecule has 8 heteroatoms. The Morgan fingerprint density at radius 3 is 2.40 bits per heavy atom. The molecule has 2 amide bonds. The lowest BCUT2D eigenvalue weighted by molar-refractivity contribution is -0.136. The van der Waals surface area contributed by atoms with Crippen molar-refractivity contribution >= 4 is 23.2 Å². The average Bonchev–Trinajstić information content (AvgIpc) is 2.78. The summed E-state index contributed by atoms with van der Waals surface area (Å²) in [6.45, 7) is 4.94. The topological polar surface area (TPSA) is 73.9 Å². The van der Waals surface area contributed by atoms with Gasteiger partial charge in [0.15, 0.2) is 0 Å². The van der Waals surface area contributed by atoms with E-state index >= 15 is 0 Å². The minimum Gasteiger partial charge on any atom is -0.495 e. The van der Waals surface area contributed by atoms with Gasteiger partial charge >= 0.3 is 11.8 Å². The van der Waals surface area contributed by atoms with Gasteiger partial charge in [0.1, 0.15) is 11.6 Å². The van der Waals surface area contributed by atoms with E-state index in [1.807, 2.05) is 18.2 Å². The quantitative estimate of drug-likeness (QED) is 0.536. The van der Waals surface area contributed by atoms with E-state index in [2.05, 4.69) is 26.5 Å². The second kappa shape index (κ2) is 10.6. The molecule has 3 rings (SSSR count). The summed E-state index contributed by atoms with van der Waals surface area (Å²) in [5.41, 5.74) is 1.49. The molecular weight excluding hydrogens is 387 g/mol. The molecule has 2 aromatic carbocycles. The van der Waals surface area contributed by atoms with Crippen LogP contribution in [-0.2, 0) is 9.59 Å². The van der Waals surface area contributed by atoms with Crippen molar-refractivity contribution in [3.63, 3.8) is 0 Å². The number of piperazine rings is 1. The molecule has 2 N–H and O–H groups in total. The first kappa shape index (κ1) is 21.6. The Hall–Kier alpha value is -3.13. The fourth-order valence-electron chi connectivity index (χ4n) is 3.41. The fraction of sp³-hybridized carbons (Fsp3) is 0.364. The SMILES string of the molecule is COc1ccccc1N1CCN(CCCNC(=O)C(=O)Nc2ccc(F)cc2)CC1. The number of benzene rings is 2. The molecule has 1 saturated heterocycles. The summed E-state index contributed by atoms with van der Waals surface area (Å²) in [6.07, 6.45) is 0.754. The number of amides is 2. The van der Waals surface area contributed by atoms with Crippen LogP contribution in [0.3, 0.4) is 0 Å². The van der Waals surface area contributed by atoms with Crippen LogP contribution in [0.5, 0.6) is 5.75 Å². The lowest BCUT2D eigenvalue weighted by Gasteiger charge is -2.36. The molecule has 30 heavy (non-hydrogen) atoms. The second-order valence-corrected chi connectivity index (χ2v) is 7.07. The molecule has 2 aromatic rings. The molecule has 1 heterocycles. The highest BCUT2D eigenvalue weighted by Crippen LogP contribution is 2.28. The zero-order valence-electron chi connectivity index (χ0n) is 17.1. The van der Waals surface area contributed by atoms with Crippen LogP contribution in [0.1, 0.15) is 6.42 Å². The minimum absolute atomic E-state index is 0.379. The number of ether oxygens (including phenoxy) is 1. The van der Waals surface area contributed by atoms with Crippen LogP contribution in [0, 0.1) is 5.82 Å². The van der Waals surface area contributed by atoms with Gasteiger partial charge in [-0.05, 0) is 49.4 Å². The van der Waals surface area contributed by atoms with E-state index in [1.54, 1.807) is 7.11 Å². The monoisotopic (exact) mass is 414 g/mol. The van der Waals surface area contributed by atoms with Crippen molar-refractivity contribution < 1.29 is 18.7 Å². The van der Waals surface area contributed by atoms with Crippen LogP contribution in [0.4, 0.5) is 15.8 Å². The van der Waals surface area contributed by atoms with Crippen molar-refractivity contribution in [3.8, 4) is 5.75 Å². The van der Waals surface area contributed by atoms with Gasteiger partial charge in [0.2, 0.25) is 0 Å². The number of hydrogen-bond donors (Lipinski definition) is 2. The van der Waals surface area contributed by atoms with Gasteiger partial charge in [0, 0.05) is 38.4 Å². The van der Waals surface area contributed by atoms with Gasteiger partial charge in [-0.15, -0.1) is 0 Å². The molecule has 160 valence electrons. The molecule has 0 saturated carbocycles. The van der Waals surface area contributed by atoms with Gasteiger partial charge < -0.3 is 20.3 Å². The minimum atomic E-state index is -0.757. The molecule has 0 unspecified atom stereocenters. The summed E-state index contributed by atoms with van der Waals surface area (Å²) in [4.78, 5) is 28.4. The molecule has 0 aromatic heterocycles. The van der Waals surface area contributed by atoms with E-state index in [1.165, 1.54) is 24.3 Å². The number of carbonyl (C=O) groups excluding carboxylic acids is 2. The van der Waals surface area contributed by atoms with Crippen molar-refractivity contribution in [1.82, 2.24) is 10.2 Å². The van der Waals surface area contributed by atoms with Crippen molar-refractivity contribution in [1.29, 1.82) is 0 Å². The van der Waals surface area contributed by atoms with Crippen LogP contribution in [0.25, 0.3) is 0 Å². The second-order valence-electron chi connectivity index (χ2n) is 7.07. The van der Waals surface area contributed by atoms with E-state index in [0.29, 0.717) is 12.2 Å². The molecular formula is C22H27FN4O3. The van der Waals surface area contributed by atoms with Gasteiger partial charge in [0.05, 0.1) is 12.8 Å². The first-order valence-corrected chi connectivity index (χ1v) is 10.0. The molecule has 1 aliphatic heterocycles. The predicted octanol–water partition coefficient (Wildman–Crippen LogP) is 2.10. The first-order valence-electron chi connectivity index (χ1n) is 10.0. The molecule has 0 spiro atoms. The van der Waals surface area contributed by atoms with E-state index in [0.717, 1.165) is 50.6 Å². The third-order valence-corrected chi connectivity index (χ3v) is 5.04. The molecule has 7 nitrogen and oxygen atoms in total. The summed E-state index contributed by atoms with van der Waals surface area (Å²) in [5, 5.41) is 5.07. The zero-order chi connectivity index (χ0) is 21.3. The molecule has 0 aliphatic carbocycles. The number of rotatable bonds is 7. The predicted molar refractivity (Wildman–Crippen MR) is 114 cm³/mol. The Labute approximate surface area is 175 Å². The number of hydrogen-bond acceptors (Lipinski definition) is 5. The Bertz CT molecular complexity index is 852. The number of anilines is 2. The number of nitrogens with zero attached hydrogens (tertiary/aromatic N) is 2. The summed E-state index contributed by atoms with van der Waals surface area (Å²) in [7, 11) is 1.68. The fourth-order valence-corrected chi connectivity index (χ4v) is 3.41. The number of carbonyl (C=O) groups is 2. The Morgan fingerprint density at radius 2 is 1.70 bits per heavy atom. The van der Waals surface area contributed by atoms with Crippen LogP contribution < -0.4 is 20.3 Å². The highest BCUT2D eigenvalue weighted by molar-refractivity contribution is 6.39. The van der Waals surface area contributed by atoms with Crippen LogP contribution in [0.2, 0.25) is 0 Å². The third kappa shape index (κ3) is 5.93. The lowest BCUT2D eigenvalue weighted by atomic mass is 10.2. The highest BCUT2D eigenvalue weighted by atomic mass is 19.1. The highest BCUT2D eigenvalue weighted by Gasteiger charge is 2.19. The lowest BCUT2D eigenvalue weighted by Crippen LogP contribution is -2.47. The Balaban J connectivity index is 1.34. The molecule has 1 fully saturated rings. The maximum absolute atomic E-state index is 12.9. The van der Waals surface area contributed by atoms with Gasteiger partial charge in [0.25, 0.3) is 0 Å². The van der Waals surface area contributed by atoms with E-state index in [4.69, 9.17) is 4.74 Å². The van der Waals surface area contributed by atoms with Crippen molar-refractivity contribution in [3.05, 3.63) is 54.3 Å². The van der Waals surface area contributed by atoms with Gasteiger partial charge in [-0.2, -0.15) is 0 Å². The average molecular weight is 414 g/mol. The number of methoxy groups -OCH3 is 1. The van der Waals surface area contributed by atoms with Crippen molar-refractivity contribution in [2.45, 2.75) is 6.42 Å². The number of nitrogens with one attached hydrogen (secondary N) is 2. The number of halogens is 1. The van der Waals surface area contributed by atoms with Crippen molar-refractivity contribution in [2.75, 3.05) is 56.6 Å². The van der Waals surface area contributed by atoms with E-state index < -0.39 is 17.6 Å². The summed E-state index contributed by atoms with van der Waals surface area (Å²) in [5.74, 6) is -0.971. The molecule has 1 aliphatic rings. The van der Waals surface area contributed by atoms with E-state index in [9.17, 15) is 14.0 Å². The molecule has 0 radical (unpaired) electrons. The van der Waals surface area contributed by atoms with Gasteiger partial charge in [-0.3, -0.25) is 14.5 Å². The van der Waals surface area contributed by atoms with Crippen molar-refractivity contribution in [2.24, 2.45) is 0 Å². The maximum atomic E-state index is 12.9. The van der Waals surface area contributed by atoms with Crippen LogP contribution in [-0.4, -0.2) is 63.1 Å². The summed E-state index contributed by atoms with van der Waals surface area (Å²) >= 11 is 0. The normalized spacial score (nSPS) is 14.3.